The van der Waals surface area contributed by atoms with E-state index in [2.05, 4.69) is 92.1 Å². The average molecular weight is 1650 g/mol. The molecule has 3 aromatic carbocycles. The van der Waals surface area contributed by atoms with Gasteiger partial charge in [-0.05, 0) is 220 Å². The third-order valence-electron chi connectivity index (χ3n) is 24.2. The Labute approximate surface area is 702 Å². The van der Waals surface area contributed by atoms with Crippen LogP contribution in [-0.2, 0) is 0 Å². The third-order valence-corrected chi connectivity index (χ3v) is 24.2. The Morgan fingerprint density at radius 3 is 1.43 bits per heavy atom. The number of carbonyl (C=O) groups excluding carboxylic acids is 4. The van der Waals surface area contributed by atoms with Crippen LogP contribution in [0.25, 0.3) is 45.7 Å². The maximum absolute atomic E-state index is 14.8. The first-order chi connectivity index (χ1) is 59.0. The molecule has 28 nitrogen and oxygen atoms in total. The van der Waals surface area contributed by atoms with Gasteiger partial charge in [0.1, 0.15) is 40.9 Å². The first-order valence-corrected chi connectivity index (χ1v) is 41.3. The van der Waals surface area contributed by atoms with Gasteiger partial charge in [0.25, 0.3) is 35.4 Å². The minimum absolute atomic E-state index is 0.0247. The second-order valence-electron chi connectivity index (χ2n) is 33.2. The van der Waals surface area contributed by atoms with Crippen LogP contribution < -0.4 is 20.7 Å². The number of piperidine rings is 5. The lowest BCUT2D eigenvalue weighted by Gasteiger charge is -2.49. The fourth-order valence-corrected chi connectivity index (χ4v) is 18.6. The molecule has 12 unspecified atom stereocenters. The van der Waals surface area contributed by atoms with Crippen molar-refractivity contribution in [2.24, 2.45) is 23.7 Å². The first kappa shape index (κ1) is 81.0. The molecular formula is C91H92F3N21O7. The van der Waals surface area contributed by atoms with E-state index in [1.807, 2.05) is 128 Å². The quantitative estimate of drug-likeness (QED) is 0.0809. The van der Waals surface area contributed by atoms with E-state index < -0.39 is 17.5 Å². The Kier molecular flexibility index (Phi) is 23.1. The van der Waals surface area contributed by atoms with Crippen molar-refractivity contribution in [3.05, 3.63) is 250 Å². The number of carbonyl (C=O) groups is 4. The number of aryl methyl sites for hydroxylation is 8. The summed E-state index contributed by atoms with van der Waals surface area (Å²) < 4.78 is 59.5. The standard InChI is InChI=1S/C24H23FN4O2.C23H25N5O2.C22H22FN7O.C22H22FN5O2/c1-15-6-9-21(28-13-15)31-20-12-16-7-8-19(20)29(14-16)24(30)17-4-2-5-18(25)22(17)23-26-10-3-11-27-23;1-13-4-6-17(18(8-13)22-25-15(3)27-30-22)23(29)28-12-16-9-19(20(28)10-16)26-21-7-5-14(2)11-24-21;1-12-3-16(21-27-8-15(23)9-28-21)20(26-6-12)22(31)30-11-14-4-17(18(30)5-14)29-19-10-24-13(2)7-25-19;1-12-6-7-19(24-10-12)26-17-8-14-9-18(17)28(11-14)22(29)15-4-3-5-16(23)20(15)21-25-13(2)27-30-21/h2-6,9-11,13,16,19-20H,7-8,12,14H2,1H3;4-8,11,16,19-20H,9-10,12H2,1-3H3,(H,24,26);3,6-10,14,17-18H,4-5,11H2,1-2H3,(H,25,29);3-7,10,14,17-18H,8-9,11H2,1-2H3,(H,24,26). The molecular weight excluding hydrogens is 1560 g/mol. The fraction of sp³-hybridized carbons (Fsp3) is 0.363. The highest BCUT2D eigenvalue weighted by molar-refractivity contribution is 6.03. The molecule has 21 rings (SSSR count). The van der Waals surface area contributed by atoms with Gasteiger partial charge in [-0.25, -0.2) is 53.0 Å². The number of hydrogen-bond donors (Lipinski definition) is 3. The van der Waals surface area contributed by atoms with E-state index in [0.717, 1.165) is 122 Å². The number of fused-ring (bicyclic) bond motifs is 9. The van der Waals surface area contributed by atoms with E-state index in [4.69, 9.17) is 13.8 Å². The number of aromatic nitrogens is 14. The molecule has 624 valence electrons. The highest BCUT2D eigenvalue weighted by atomic mass is 19.1. The molecule has 9 aliphatic rings. The van der Waals surface area contributed by atoms with Crippen molar-refractivity contribution in [3.63, 3.8) is 0 Å². The molecule has 122 heavy (non-hydrogen) atoms. The first-order valence-electron chi connectivity index (χ1n) is 41.3. The van der Waals surface area contributed by atoms with Crippen molar-refractivity contribution in [1.82, 2.24) is 89.7 Å². The lowest BCUT2D eigenvalue weighted by atomic mass is 9.77. The number of benzene rings is 3. The van der Waals surface area contributed by atoms with Gasteiger partial charge >= 0.3 is 0 Å². The number of hydrogen-bond acceptors (Lipinski definition) is 24. The minimum atomic E-state index is -0.549. The Balaban J connectivity index is 0.000000116. The number of halogens is 3. The maximum Gasteiger partial charge on any atom is 0.273 e. The molecule has 8 bridgehead atoms. The molecule has 14 heterocycles. The van der Waals surface area contributed by atoms with E-state index in [1.165, 1.54) is 18.2 Å². The number of pyridine rings is 4. The van der Waals surface area contributed by atoms with Gasteiger partial charge < -0.3 is 49.3 Å². The Morgan fingerprint density at radius 1 is 0.402 bits per heavy atom. The summed E-state index contributed by atoms with van der Waals surface area (Å²) in [6, 6.07) is 30.7. The third kappa shape index (κ3) is 17.4. The number of ether oxygens (including phenoxy) is 1. The average Bonchev–Trinajstić information content (AvgIpc) is 1.16. The van der Waals surface area contributed by atoms with Gasteiger partial charge in [0, 0.05) is 87.6 Å². The second kappa shape index (κ2) is 34.8. The molecule has 5 saturated heterocycles. The summed E-state index contributed by atoms with van der Waals surface area (Å²) in [4.78, 5) is 113. The molecule has 9 aromatic heterocycles. The number of likely N-dealkylation sites (tertiary alicyclic amines) is 3. The van der Waals surface area contributed by atoms with Crippen molar-refractivity contribution in [3.8, 4) is 51.6 Å². The van der Waals surface area contributed by atoms with E-state index in [0.29, 0.717) is 94.9 Å². The zero-order valence-electron chi connectivity index (χ0n) is 68.8. The minimum Gasteiger partial charge on any atom is -0.472 e. The number of anilines is 3. The predicted molar refractivity (Wildman–Crippen MR) is 446 cm³/mol. The second-order valence-corrected chi connectivity index (χ2v) is 33.2. The van der Waals surface area contributed by atoms with E-state index >= 15 is 0 Å². The zero-order valence-corrected chi connectivity index (χ0v) is 68.8. The van der Waals surface area contributed by atoms with Gasteiger partial charge in [0.15, 0.2) is 29.1 Å². The Morgan fingerprint density at radius 2 is 0.902 bits per heavy atom. The molecule has 5 aliphatic heterocycles. The molecule has 4 aliphatic carbocycles. The van der Waals surface area contributed by atoms with Crippen LogP contribution in [-0.4, -0.2) is 188 Å². The van der Waals surface area contributed by atoms with Gasteiger partial charge in [-0.1, -0.05) is 52.3 Å². The predicted octanol–water partition coefficient (Wildman–Crippen LogP) is 14.2. The molecule has 4 amide bonds. The van der Waals surface area contributed by atoms with Crippen LogP contribution in [0.15, 0.2) is 174 Å². The van der Waals surface area contributed by atoms with Crippen molar-refractivity contribution in [2.45, 2.75) is 162 Å². The summed E-state index contributed by atoms with van der Waals surface area (Å²) in [5.74, 6) is 4.40. The lowest BCUT2D eigenvalue weighted by molar-refractivity contribution is -0.0313. The van der Waals surface area contributed by atoms with Gasteiger partial charge in [-0.2, -0.15) is 9.97 Å². The summed E-state index contributed by atoms with van der Waals surface area (Å²) in [5, 5.41) is 18.1. The van der Waals surface area contributed by atoms with Gasteiger partial charge in [0.2, 0.25) is 5.88 Å². The van der Waals surface area contributed by atoms with Crippen LogP contribution in [0.2, 0.25) is 0 Å². The van der Waals surface area contributed by atoms with Gasteiger partial charge in [0.05, 0.1) is 93.6 Å². The van der Waals surface area contributed by atoms with E-state index in [-0.39, 0.29) is 112 Å². The lowest BCUT2D eigenvalue weighted by Crippen LogP contribution is -2.59. The van der Waals surface area contributed by atoms with Crippen LogP contribution in [0.3, 0.4) is 0 Å². The molecule has 4 saturated carbocycles. The van der Waals surface area contributed by atoms with Crippen LogP contribution in [0.5, 0.6) is 5.88 Å². The highest BCUT2D eigenvalue weighted by Gasteiger charge is 2.51. The smallest absolute Gasteiger partial charge is 0.273 e. The van der Waals surface area contributed by atoms with Crippen molar-refractivity contribution >= 4 is 41.1 Å². The molecule has 0 spiro atoms. The number of nitrogens with zero attached hydrogens (tertiary/aromatic N) is 18. The summed E-state index contributed by atoms with van der Waals surface area (Å²) >= 11 is 0. The normalized spacial score (nSPS) is 22.4. The molecule has 31 heteroatoms. The monoisotopic (exact) mass is 1650 g/mol. The van der Waals surface area contributed by atoms with E-state index in [9.17, 15) is 32.3 Å². The zero-order chi connectivity index (χ0) is 84.6. The van der Waals surface area contributed by atoms with Crippen molar-refractivity contribution < 1.29 is 46.1 Å². The van der Waals surface area contributed by atoms with Crippen LogP contribution in [0.4, 0.5) is 30.6 Å². The van der Waals surface area contributed by atoms with Gasteiger partial charge in [-0.15, -0.1) is 0 Å². The summed E-state index contributed by atoms with van der Waals surface area (Å²) in [7, 11) is 0. The topological polar surface area (TPSA) is 333 Å². The maximum atomic E-state index is 14.8. The molecule has 9 fully saturated rings. The van der Waals surface area contributed by atoms with Crippen molar-refractivity contribution in [1.29, 1.82) is 0 Å². The van der Waals surface area contributed by atoms with Crippen LogP contribution in [0, 0.1) is 96.5 Å². The molecule has 12 atom stereocenters. The number of nitrogens with one attached hydrogen (secondary N) is 3. The summed E-state index contributed by atoms with van der Waals surface area (Å²) in [5.41, 5.74) is 8.94. The highest BCUT2D eigenvalue weighted by Crippen LogP contribution is 2.45. The van der Waals surface area contributed by atoms with Crippen molar-refractivity contribution in [2.75, 3.05) is 42.1 Å². The number of rotatable bonds is 16. The largest absolute Gasteiger partial charge is 0.472 e. The SMILES string of the molecule is Cc1ccc(NC2CC3CC2N(C(=O)c2ccc(C)cc2-c2nc(C)no2)C3)nc1.Cc1ccc(NC2CC3CC2N(C(=O)c2cccc(F)c2-c2nc(C)no2)C3)nc1.Cc1ccc(OC2CC3CCC2N(C(=O)c2cccc(F)c2-c2ncccn2)C3)nc1.Cc1cnc(C(=O)N2CC3CC(Nc4cnc(C)cn4)C2C3)c(-c2ncc(F)cn2)c1. The molecule has 12 aromatic rings. The Hall–Kier alpha value is -13.4. The number of amides is 4. The van der Waals surface area contributed by atoms with E-state index in [1.54, 1.807) is 75.3 Å². The summed E-state index contributed by atoms with van der Waals surface area (Å²) in [6.45, 7) is 18.0. The fourth-order valence-electron chi connectivity index (χ4n) is 18.6. The van der Waals surface area contributed by atoms with Crippen LogP contribution in [0.1, 0.15) is 145 Å². The molecule has 3 N–H and O–H groups in total. The molecule has 0 radical (unpaired) electrons. The Bertz CT molecular complexity index is 5820. The van der Waals surface area contributed by atoms with Crippen LogP contribution >= 0.6 is 0 Å². The summed E-state index contributed by atoms with van der Waals surface area (Å²) in [6.07, 6.45) is 24.5. The van der Waals surface area contributed by atoms with Gasteiger partial charge in [-0.3, -0.25) is 29.1 Å².